The summed E-state index contributed by atoms with van der Waals surface area (Å²) in [5.41, 5.74) is 2.66. The molecule has 0 spiro atoms. The first-order valence-corrected chi connectivity index (χ1v) is 14.7. The minimum Gasteiger partial charge on any atom is -0.493 e. The fourth-order valence-corrected chi connectivity index (χ4v) is 5.39. The van der Waals surface area contributed by atoms with Crippen LogP contribution in [0.4, 0.5) is 5.69 Å². The molecule has 1 N–H and O–H groups in total. The number of hydrogen-bond donors (Lipinski definition) is 1. The molecule has 0 saturated heterocycles. The topological polar surface area (TPSA) is 120 Å². The first kappa shape index (κ1) is 29.7. The quantitative estimate of drug-likeness (QED) is 0.305. The van der Waals surface area contributed by atoms with Crippen molar-refractivity contribution in [1.82, 2.24) is 4.72 Å². The van der Waals surface area contributed by atoms with Crippen LogP contribution in [0, 0.1) is 0 Å². The van der Waals surface area contributed by atoms with Crippen LogP contribution in [0.1, 0.15) is 55.9 Å². The number of nitrogens with one attached hydrogen (secondary N) is 1. The molecule has 1 aliphatic heterocycles. The Morgan fingerprint density at radius 2 is 1.78 bits per heavy atom. The van der Waals surface area contributed by atoms with E-state index < -0.39 is 22.0 Å². The number of sulfonamides is 1. The maximum absolute atomic E-state index is 13.7. The zero-order valence-corrected chi connectivity index (χ0v) is 24.5. The van der Waals surface area contributed by atoms with Crippen LogP contribution in [0.15, 0.2) is 59.5 Å². The van der Waals surface area contributed by atoms with Gasteiger partial charge in [0, 0.05) is 18.3 Å². The summed E-state index contributed by atoms with van der Waals surface area (Å²) in [5.74, 6) is 0.696. The van der Waals surface area contributed by atoms with Gasteiger partial charge in [0.15, 0.2) is 11.5 Å². The number of benzene rings is 3. The van der Waals surface area contributed by atoms with Gasteiger partial charge in [-0.2, -0.15) is 0 Å². The van der Waals surface area contributed by atoms with E-state index in [1.165, 1.54) is 24.1 Å². The Balaban J connectivity index is 1.74. The summed E-state index contributed by atoms with van der Waals surface area (Å²) < 4.78 is 51.4. The number of nitrogens with zero attached hydrogens (tertiary/aromatic N) is 1. The predicted octanol–water partition coefficient (Wildman–Crippen LogP) is 4.72. The predicted molar refractivity (Wildman–Crippen MR) is 153 cm³/mol. The number of amides is 2. The molecular formula is C30H34N2O8S. The number of fused-ring (bicyclic) bond motifs is 1. The number of anilines is 1. The fraction of sp³-hybridized carbons (Fsp3) is 0.333. The van der Waals surface area contributed by atoms with Crippen molar-refractivity contribution in [1.29, 1.82) is 0 Å². The highest BCUT2D eigenvalue weighted by Crippen LogP contribution is 2.44. The molecule has 0 aliphatic carbocycles. The summed E-state index contributed by atoms with van der Waals surface area (Å²) in [5, 5.41) is 0. The van der Waals surface area contributed by atoms with Gasteiger partial charge in [0.05, 0.1) is 12.0 Å². The van der Waals surface area contributed by atoms with Crippen LogP contribution < -0.4 is 28.6 Å². The van der Waals surface area contributed by atoms with E-state index in [4.69, 9.17) is 18.9 Å². The molecule has 3 aromatic rings. The van der Waals surface area contributed by atoms with Gasteiger partial charge in [-0.1, -0.05) is 39.3 Å². The van der Waals surface area contributed by atoms with Gasteiger partial charge in [-0.05, 0) is 65.9 Å². The van der Waals surface area contributed by atoms with Crippen LogP contribution in [0.5, 0.6) is 23.0 Å². The highest BCUT2D eigenvalue weighted by molar-refractivity contribution is 7.90. The standard InChI is InChI=1S/C30H34N2O8S/c1-6-7-21-14-23(32(4)17-33)10-13-25(21)40-28(22-15-26(37-5)29-27(16-22)38-18-39-29)30(34)31-41(35,36)24-11-8-20(9-12-24)19(2)3/h8-17,19,28H,6-7,18H2,1-5H3,(H,31,34). The third kappa shape index (κ3) is 6.57. The van der Waals surface area contributed by atoms with Crippen molar-refractivity contribution in [2.45, 2.75) is 50.5 Å². The summed E-state index contributed by atoms with van der Waals surface area (Å²) >= 11 is 0. The summed E-state index contributed by atoms with van der Waals surface area (Å²) in [6, 6.07) is 14.6. The molecule has 0 radical (unpaired) electrons. The van der Waals surface area contributed by atoms with Gasteiger partial charge in [-0.15, -0.1) is 0 Å². The monoisotopic (exact) mass is 582 g/mol. The Bertz CT molecular complexity index is 1520. The lowest BCUT2D eigenvalue weighted by molar-refractivity contribution is -0.126. The maximum atomic E-state index is 13.7. The van der Waals surface area contributed by atoms with Crippen molar-refractivity contribution in [2.24, 2.45) is 0 Å². The van der Waals surface area contributed by atoms with E-state index in [9.17, 15) is 18.0 Å². The molecule has 41 heavy (non-hydrogen) atoms. The van der Waals surface area contributed by atoms with E-state index >= 15 is 0 Å². The minimum absolute atomic E-state index is 0.0278. The molecule has 0 bridgehead atoms. The number of hydrogen-bond acceptors (Lipinski definition) is 8. The second-order valence-corrected chi connectivity index (χ2v) is 11.6. The number of methoxy groups -OCH3 is 1. The van der Waals surface area contributed by atoms with Crippen molar-refractivity contribution in [2.75, 3.05) is 25.9 Å². The molecule has 11 heteroatoms. The molecule has 10 nitrogen and oxygen atoms in total. The lowest BCUT2D eigenvalue weighted by Crippen LogP contribution is -2.37. The second-order valence-electron chi connectivity index (χ2n) is 9.91. The minimum atomic E-state index is -4.23. The molecule has 3 aromatic carbocycles. The molecule has 0 aromatic heterocycles. The average molecular weight is 583 g/mol. The third-order valence-electron chi connectivity index (χ3n) is 6.69. The third-order valence-corrected chi connectivity index (χ3v) is 8.05. The summed E-state index contributed by atoms with van der Waals surface area (Å²) in [6.45, 7) is 5.97. The highest BCUT2D eigenvalue weighted by Gasteiger charge is 2.32. The lowest BCUT2D eigenvalue weighted by atomic mass is 10.0. The molecule has 4 rings (SSSR count). The summed E-state index contributed by atoms with van der Waals surface area (Å²) in [6.07, 6.45) is 0.641. The van der Waals surface area contributed by atoms with Crippen LogP contribution in [0.2, 0.25) is 0 Å². The Morgan fingerprint density at radius 3 is 2.41 bits per heavy atom. The van der Waals surface area contributed by atoms with Gasteiger partial charge >= 0.3 is 0 Å². The van der Waals surface area contributed by atoms with Crippen molar-refractivity contribution in [3.05, 3.63) is 71.3 Å². The van der Waals surface area contributed by atoms with Crippen molar-refractivity contribution in [3.63, 3.8) is 0 Å². The molecule has 1 atom stereocenters. The number of carbonyl (C=O) groups excluding carboxylic acids is 2. The number of aryl methyl sites for hydroxylation is 1. The molecular weight excluding hydrogens is 548 g/mol. The van der Waals surface area contributed by atoms with Gasteiger partial charge in [-0.3, -0.25) is 9.59 Å². The SMILES string of the molecule is CCCc1cc(N(C)C=O)ccc1OC(C(=O)NS(=O)(=O)c1ccc(C(C)C)cc1)c1cc(OC)c2c(c1)OCO2. The van der Waals surface area contributed by atoms with Crippen LogP contribution in [-0.2, 0) is 26.0 Å². The van der Waals surface area contributed by atoms with E-state index in [2.05, 4.69) is 4.72 Å². The number of rotatable bonds is 12. The van der Waals surface area contributed by atoms with Crippen molar-refractivity contribution >= 4 is 28.0 Å². The maximum Gasteiger partial charge on any atom is 0.279 e. The first-order valence-electron chi connectivity index (χ1n) is 13.2. The average Bonchev–Trinajstić information content (AvgIpc) is 3.44. The highest BCUT2D eigenvalue weighted by atomic mass is 32.2. The van der Waals surface area contributed by atoms with Crippen LogP contribution in [0.3, 0.4) is 0 Å². The first-order chi connectivity index (χ1) is 19.6. The zero-order chi connectivity index (χ0) is 29.7. The Kier molecular flexibility index (Phi) is 9.07. The Hall–Kier alpha value is -4.25. The lowest BCUT2D eigenvalue weighted by Gasteiger charge is -2.23. The molecule has 218 valence electrons. The molecule has 1 aliphatic rings. The smallest absolute Gasteiger partial charge is 0.279 e. The van der Waals surface area contributed by atoms with Gasteiger partial charge < -0.3 is 23.8 Å². The largest absolute Gasteiger partial charge is 0.493 e. The molecule has 0 fully saturated rings. The van der Waals surface area contributed by atoms with Crippen LogP contribution in [-0.4, -0.2) is 41.7 Å². The van der Waals surface area contributed by atoms with Crippen molar-refractivity contribution < 1.29 is 37.0 Å². The second kappa shape index (κ2) is 12.5. The Morgan fingerprint density at radius 1 is 1.05 bits per heavy atom. The van der Waals surface area contributed by atoms with E-state index in [0.717, 1.165) is 17.5 Å². The normalized spacial score (nSPS) is 13.0. The zero-order valence-electron chi connectivity index (χ0n) is 23.7. The number of carbonyl (C=O) groups is 2. The molecule has 1 heterocycles. The van der Waals surface area contributed by atoms with E-state index in [1.54, 1.807) is 49.5 Å². The molecule has 0 saturated carbocycles. The van der Waals surface area contributed by atoms with Gasteiger partial charge in [0.2, 0.25) is 25.1 Å². The summed E-state index contributed by atoms with van der Waals surface area (Å²) in [7, 11) is -1.15. The van der Waals surface area contributed by atoms with E-state index in [1.807, 2.05) is 20.8 Å². The van der Waals surface area contributed by atoms with Gasteiger partial charge in [0.25, 0.3) is 15.9 Å². The van der Waals surface area contributed by atoms with Gasteiger partial charge in [0.1, 0.15) is 5.75 Å². The summed E-state index contributed by atoms with van der Waals surface area (Å²) in [4.78, 5) is 26.4. The fourth-order valence-electron chi connectivity index (χ4n) is 4.40. The van der Waals surface area contributed by atoms with Crippen LogP contribution >= 0.6 is 0 Å². The van der Waals surface area contributed by atoms with E-state index in [-0.39, 0.29) is 17.6 Å². The van der Waals surface area contributed by atoms with E-state index in [0.29, 0.717) is 47.1 Å². The Labute approximate surface area is 240 Å². The van der Waals surface area contributed by atoms with Gasteiger partial charge in [-0.25, -0.2) is 13.1 Å². The number of ether oxygens (including phenoxy) is 4. The molecule has 1 unspecified atom stereocenters. The van der Waals surface area contributed by atoms with Crippen LogP contribution in [0.25, 0.3) is 0 Å². The van der Waals surface area contributed by atoms with Crippen molar-refractivity contribution in [3.8, 4) is 23.0 Å². The molecule has 2 amide bonds.